The molecule has 1 saturated carbocycles. The standard InChI is InChI=1S/C29H32N2O5/c1-18(32)36-29-14-13-21(31(3)24(34)12-9-19-7-5-4-6-8-19)27-28(29)15-16-30(2)23(29)17-20-10-11-22(33)26(35-27)25(20)28/h4-12,21,23,27,33H,13-17H2,1-3H3/t21-,23+,27-,28-,29+/m0/s1. The minimum atomic E-state index is -0.775. The van der Waals surface area contributed by atoms with Crippen molar-refractivity contribution in [3.05, 3.63) is 65.2 Å². The molecule has 0 aromatic heterocycles. The Balaban J connectivity index is 1.44. The highest BCUT2D eigenvalue weighted by Gasteiger charge is 2.75. The molecule has 1 N–H and O–H groups in total. The number of nitrogens with zero attached hydrogens (tertiary/aromatic N) is 2. The lowest BCUT2D eigenvalue weighted by molar-refractivity contribution is -0.220. The predicted octanol–water partition coefficient (Wildman–Crippen LogP) is 3.29. The molecule has 2 heterocycles. The first kappa shape index (κ1) is 23.1. The van der Waals surface area contributed by atoms with Gasteiger partial charge >= 0.3 is 5.97 Å². The van der Waals surface area contributed by atoms with Crippen LogP contribution in [0.25, 0.3) is 6.08 Å². The largest absolute Gasteiger partial charge is 0.504 e. The molecule has 2 fully saturated rings. The van der Waals surface area contributed by atoms with Crippen LogP contribution in [-0.4, -0.2) is 71.2 Å². The maximum absolute atomic E-state index is 13.3. The second-order valence-corrected chi connectivity index (χ2v) is 10.7. The summed E-state index contributed by atoms with van der Waals surface area (Å²) in [5.74, 6) is 0.177. The minimum Gasteiger partial charge on any atom is -0.504 e. The monoisotopic (exact) mass is 488 g/mol. The molecular formula is C29H32N2O5. The van der Waals surface area contributed by atoms with E-state index in [4.69, 9.17) is 9.47 Å². The van der Waals surface area contributed by atoms with E-state index in [1.165, 1.54) is 6.92 Å². The lowest BCUT2D eigenvalue weighted by Crippen LogP contribution is -2.78. The molecule has 0 unspecified atom stereocenters. The summed E-state index contributed by atoms with van der Waals surface area (Å²) in [6.45, 7) is 2.29. The third-order valence-corrected chi connectivity index (χ3v) is 9.05. The number of rotatable bonds is 4. The predicted molar refractivity (Wildman–Crippen MR) is 135 cm³/mol. The zero-order valence-electron chi connectivity index (χ0n) is 20.9. The summed E-state index contributed by atoms with van der Waals surface area (Å²) < 4.78 is 13.0. The Morgan fingerprint density at radius 3 is 2.72 bits per heavy atom. The number of hydrogen-bond donors (Lipinski definition) is 1. The van der Waals surface area contributed by atoms with Crippen molar-refractivity contribution in [1.82, 2.24) is 9.80 Å². The van der Waals surface area contributed by atoms with E-state index >= 15 is 0 Å². The highest BCUT2D eigenvalue weighted by molar-refractivity contribution is 5.92. The van der Waals surface area contributed by atoms with Crippen LogP contribution in [-0.2, 0) is 26.2 Å². The quantitative estimate of drug-likeness (QED) is 0.526. The van der Waals surface area contributed by atoms with Crippen molar-refractivity contribution in [2.75, 3.05) is 20.6 Å². The molecule has 2 aromatic carbocycles. The second-order valence-electron chi connectivity index (χ2n) is 10.7. The number of hydrogen-bond acceptors (Lipinski definition) is 6. The van der Waals surface area contributed by atoms with Crippen molar-refractivity contribution < 1.29 is 24.2 Å². The van der Waals surface area contributed by atoms with Gasteiger partial charge in [-0.1, -0.05) is 36.4 Å². The Hall–Kier alpha value is -3.32. The highest BCUT2D eigenvalue weighted by Crippen LogP contribution is 2.66. The number of aromatic hydroxyl groups is 1. The Morgan fingerprint density at radius 2 is 1.97 bits per heavy atom. The van der Waals surface area contributed by atoms with Gasteiger partial charge in [0.1, 0.15) is 11.7 Å². The fourth-order valence-corrected chi connectivity index (χ4v) is 7.57. The number of carbonyl (C=O) groups excluding carboxylic acids is 2. The van der Waals surface area contributed by atoms with Crippen LogP contribution in [0.5, 0.6) is 11.5 Å². The zero-order valence-corrected chi connectivity index (χ0v) is 20.9. The maximum Gasteiger partial charge on any atom is 0.303 e. The molecule has 36 heavy (non-hydrogen) atoms. The number of amides is 1. The summed E-state index contributed by atoms with van der Waals surface area (Å²) in [6, 6.07) is 13.2. The number of esters is 1. The van der Waals surface area contributed by atoms with Crippen LogP contribution in [0.3, 0.4) is 0 Å². The number of phenols is 1. The van der Waals surface area contributed by atoms with Gasteiger partial charge in [-0.05, 0) is 62.5 Å². The average molecular weight is 489 g/mol. The van der Waals surface area contributed by atoms with Crippen LogP contribution in [0.2, 0.25) is 0 Å². The third kappa shape index (κ3) is 3.01. The average Bonchev–Trinajstić information content (AvgIpc) is 3.22. The lowest BCUT2D eigenvalue weighted by Gasteiger charge is -2.65. The Morgan fingerprint density at radius 1 is 1.19 bits per heavy atom. The summed E-state index contributed by atoms with van der Waals surface area (Å²) in [5.41, 5.74) is 1.66. The third-order valence-electron chi connectivity index (χ3n) is 9.05. The normalized spacial score (nSPS) is 32.0. The van der Waals surface area contributed by atoms with Crippen LogP contribution in [0, 0.1) is 0 Å². The van der Waals surface area contributed by atoms with Gasteiger partial charge in [0.15, 0.2) is 11.5 Å². The molecule has 1 saturated heterocycles. The van der Waals surface area contributed by atoms with E-state index in [0.717, 1.165) is 36.1 Å². The van der Waals surface area contributed by atoms with Gasteiger partial charge in [0, 0.05) is 25.6 Å². The smallest absolute Gasteiger partial charge is 0.303 e. The molecule has 2 bridgehead atoms. The van der Waals surface area contributed by atoms with Gasteiger partial charge in [0.2, 0.25) is 5.91 Å². The van der Waals surface area contributed by atoms with Crippen molar-refractivity contribution in [3.63, 3.8) is 0 Å². The Kier molecular flexibility index (Phi) is 5.20. The number of benzene rings is 2. The van der Waals surface area contributed by atoms with Crippen LogP contribution in [0.4, 0.5) is 0 Å². The number of phenolic OH excluding ortho intramolecular Hbond substituents is 1. The first-order valence-corrected chi connectivity index (χ1v) is 12.7. The van der Waals surface area contributed by atoms with Crippen LogP contribution in [0.15, 0.2) is 48.5 Å². The topological polar surface area (TPSA) is 79.3 Å². The first-order chi connectivity index (χ1) is 17.3. The molecule has 2 aromatic rings. The molecule has 0 radical (unpaired) electrons. The lowest BCUT2D eigenvalue weighted by atomic mass is 9.48. The van der Waals surface area contributed by atoms with E-state index in [0.29, 0.717) is 18.6 Å². The molecule has 2 aliphatic heterocycles. The number of ether oxygens (including phenoxy) is 2. The molecule has 188 valence electrons. The first-order valence-electron chi connectivity index (χ1n) is 12.7. The summed E-state index contributed by atoms with van der Waals surface area (Å²) in [4.78, 5) is 29.9. The van der Waals surface area contributed by atoms with E-state index in [9.17, 15) is 14.7 Å². The molecule has 4 aliphatic rings. The fraction of sp³-hybridized carbons (Fsp3) is 0.448. The van der Waals surface area contributed by atoms with Crippen molar-refractivity contribution in [2.24, 2.45) is 0 Å². The SMILES string of the molecule is CC(=O)O[C@@]12CC[C@H](N(C)C(=O)C=Cc3ccccc3)[C@@H]3Oc4c(O)ccc5c4[C@@]31CCN(C)[C@@H]2C5. The van der Waals surface area contributed by atoms with Gasteiger partial charge in [-0.25, -0.2) is 0 Å². The van der Waals surface area contributed by atoms with E-state index < -0.39 is 17.1 Å². The molecule has 5 atom stereocenters. The van der Waals surface area contributed by atoms with E-state index in [1.807, 2.05) is 49.5 Å². The van der Waals surface area contributed by atoms with E-state index in [1.54, 1.807) is 17.0 Å². The summed E-state index contributed by atoms with van der Waals surface area (Å²) >= 11 is 0. The van der Waals surface area contributed by atoms with E-state index in [-0.39, 0.29) is 29.7 Å². The molecule has 2 aliphatic carbocycles. The van der Waals surface area contributed by atoms with Gasteiger partial charge in [-0.2, -0.15) is 0 Å². The van der Waals surface area contributed by atoms with Crippen molar-refractivity contribution in [2.45, 2.75) is 61.8 Å². The van der Waals surface area contributed by atoms with Crippen LogP contribution < -0.4 is 4.74 Å². The van der Waals surface area contributed by atoms with Crippen molar-refractivity contribution >= 4 is 18.0 Å². The van der Waals surface area contributed by atoms with Gasteiger partial charge in [0.05, 0.1) is 17.5 Å². The minimum absolute atomic E-state index is 0.00387. The number of carbonyl (C=O) groups is 2. The molecule has 1 spiro atoms. The Bertz CT molecular complexity index is 1260. The molecule has 1 amide bonds. The van der Waals surface area contributed by atoms with Gasteiger partial charge in [-0.15, -0.1) is 0 Å². The number of likely N-dealkylation sites (N-methyl/N-ethyl adjacent to an activating group) is 2. The van der Waals surface area contributed by atoms with Gasteiger partial charge in [0.25, 0.3) is 0 Å². The van der Waals surface area contributed by atoms with Gasteiger partial charge < -0.3 is 19.5 Å². The molecular weight excluding hydrogens is 456 g/mol. The zero-order chi connectivity index (χ0) is 25.2. The Labute approximate surface area is 211 Å². The fourth-order valence-electron chi connectivity index (χ4n) is 7.57. The van der Waals surface area contributed by atoms with Gasteiger partial charge in [-0.3, -0.25) is 14.5 Å². The second kappa shape index (κ2) is 8.10. The molecule has 7 heteroatoms. The van der Waals surface area contributed by atoms with Crippen molar-refractivity contribution in [3.8, 4) is 11.5 Å². The summed E-state index contributed by atoms with van der Waals surface area (Å²) in [7, 11) is 3.91. The number of likely N-dealkylation sites (tertiary alicyclic amines) is 1. The molecule has 7 nitrogen and oxygen atoms in total. The summed E-state index contributed by atoms with van der Waals surface area (Å²) in [5, 5.41) is 10.8. The highest BCUT2D eigenvalue weighted by atomic mass is 16.6. The maximum atomic E-state index is 13.3. The van der Waals surface area contributed by atoms with Crippen LogP contribution >= 0.6 is 0 Å². The van der Waals surface area contributed by atoms with Crippen LogP contribution in [0.1, 0.15) is 42.9 Å². The van der Waals surface area contributed by atoms with E-state index in [2.05, 4.69) is 11.9 Å². The van der Waals surface area contributed by atoms with Crippen molar-refractivity contribution in [1.29, 1.82) is 0 Å². The molecule has 6 rings (SSSR count). The number of piperidine rings is 1. The summed E-state index contributed by atoms with van der Waals surface area (Å²) in [6.07, 6.45) is 5.70.